The van der Waals surface area contributed by atoms with E-state index in [0.29, 0.717) is 6.04 Å². The molecule has 2 bridgehead atoms. The third-order valence-electron chi connectivity index (χ3n) is 3.61. The van der Waals surface area contributed by atoms with Gasteiger partial charge in [-0.05, 0) is 43.4 Å². The van der Waals surface area contributed by atoms with Gasteiger partial charge in [-0.15, -0.1) is 0 Å². The number of rotatable bonds is 0. The van der Waals surface area contributed by atoms with Crippen molar-refractivity contribution in [1.29, 1.82) is 0 Å². The Morgan fingerprint density at radius 3 is 2.10 bits per heavy atom. The summed E-state index contributed by atoms with van der Waals surface area (Å²) in [6.07, 6.45) is 5.52. The molecule has 0 aromatic rings. The monoisotopic (exact) mass is 139 g/mol. The molecule has 0 aliphatic heterocycles. The van der Waals surface area contributed by atoms with Crippen molar-refractivity contribution in [3.63, 3.8) is 0 Å². The van der Waals surface area contributed by atoms with E-state index in [4.69, 9.17) is 5.73 Å². The second-order valence-corrected chi connectivity index (χ2v) is 4.19. The van der Waals surface area contributed by atoms with Crippen LogP contribution in [0.5, 0.6) is 0 Å². The van der Waals surface area contributed by atoms with Crippen molar-refractivity contribution in [2.45, 2.75) is 38.6 Å². The Morgan fingerprint density at radius 2 is 1.60 bits per heavy atom. The van der Waals surface area contributed by atoms with Gasteiger partial charge < -0.3 is 5.73 Å². The van der Waals surface area contributed by atoms with Crippen molar-refractivity contribution >= 4 is 0 Å². The molecule has 0 aromatic carbocycles. The Morgan fingerprint density at radius 1 is 1.10 bits per heavy atom. The lowest BCUT2D eigenvalue weighted by atomic mass is 9.78. The van der Waals surface area contributed by atoms with Gasteiger partial charge in [0.1, 0.15) is 0 Å². The fraction of sp³-hybridized carbons (Fsp3) is 1.00. The van der Waals surface area contributed by atoms with E-state index in [-0.39, 0.29) is 0 Å². The SMILES string of the molecule is CC1C2CCC1CC(N)C2. The number of hydrogen-bond donors (Lipinski definition) is 1. The Labute approximate surface area is 63.0 Å². The minimum atomic E-state index is 0.536. The summed E-state index contributed by atoms with van der Waals surface area (Å²) < 4.78 is 0. The van der Waals surface area contributed by atoms with Crippen LogP contribution >= 0.6 is 0 Å². The zero-order valence-corrected chi connectivity index (χ0v) is 6.72. The summed E-state index contributed by atoms with van der Waals surface area (Å²) in [6.45, 7) is 2.41. The van der Waals surface area contributed by atoms with Crippen molar-refractivity contribution < 1.29 is 0 Å². The molecule has 0 spiro atoms. The molecule has 0 saturated heterocycles. The van der Waals surface area contributed by atoms with E-state index in [1.54, 1.807) is 0 Å². The summed E-state index contributed by atoms with van der Waals surface area (Å²) in [7, 11) is 0. The van der Waals surface area contributed by atoms with Crippen LogP contribution in [0.4, 0.5) is 0 Å². The van der Waals surface area contributed by atoms with Crippen LogP contribution in [0.3, 0.4) is 0 Å². The molecule has 1 nitrogen and oxygen atoms in total. The maximum absolute atomic E-state index is 5.92. The van der Waals surface area contributed by atoms with Crippen LogP contribution in [0.15, 0.2) is 0 Å². The van der Waals surface area contributed by atoms with Gasteiger partial charge in [0.15, 0.2) is 0 Å². The van der Waals surface area contributed by atoms with Gasteiger partial charge in [0.05, 0.1) is 0 Å². The fourth-order valence-corrected chi connectivity index (χ4v) is 2.88. The molecule has 58 valence electrons. The summed E-state index contributed by atoms with van der Waals surface area (Å²) in [5, 5.41) is 0. The zero-order chi connectivity index (χ0) is 7.14. The molecule has 2 saturated carbocycles. The molecule has 0 radical (unpaired) electrons. The maximum atomic E-state index is 5.92. The van der Waals surface area contributed by atoms with Gasteiger partial charge in [0.2, 0.25) is 0 Å². The van der Waals surface area contributed by atoms with Crippen LogP contribution in [-0.4, -0.2) is 6.04 Å². The molecule has 2 aliphatic carbocycles. The first-order valence-corrected chi connectivity index (χ1v) is 4.53. The van der Waals surface area contributed by atoms with E-state index in [0.717, 1.165) is 17.8 Å². The van der Waals surface area contributed by atoms with E-state index in [2.05, 4.69) is 6.92 Å². The molecule has 0 heterocycles. The van der Waals surface area contributed by atoms with Crippen LogP contribution in [0.25, 0.3) is 0 Å². The highest BCUT2D eigenvalue weighted by Crippen LogP contribution is 2.45. The van der Waals surface area contributed by atoms with Gasteiger partial charge in [0.25, 0.3) is 0 Å². The molecular weight excluding hydrogens is 122 g/mol. The van der Waals surface area contributed by atoms with Crippen LogP contribution in [0.2, 0.25) is 0 Å². The summed E-state index contributed by atoms with van der Waals surface area (Å²) in [4.78, 5) is 0. The second kappa shape index (κ2) is 2.23. The van der Waals surface area contributed by atoms with E-state index in [1.165, 1.54) is 25.7 Å². The molecule has 2 rings (SSSR count). The molecule has 10 heavy (non-hydrogen) atoms. The molecule has 0 amide bonds. The van der Waals surface area contributed by atoms with Gasteiger partial charge >= 0.3 is 0 Å². The summed E-state index contributed by atoms with van der Waals surface area (Å²) in [5.41, 5.74) is 5.92. The van der Waals surface area contributed by atoms with Crippen molar-refractivity contribution in [3.05, 3.63) is 0 Å². The molecule has 2 N–H and O–H groups in total. The van der Waals surface area contributed by atoms with Gasteiger partial charge in [-0.3, -0.25) is 0 Å². The summed E-state index contributed by atoms with van der Waals surface area (Å²) in [5.74, 6) is 2.95. The second-order valence-electron chi connectivity index (χ2n) is 4.19. The highest BCUT2D eigenvalue weighted by molar-refractivity contribution is 4.91. The number of fused-ring (bicyclic) bond motifs is 2. The number of nitrogens with two attached hydrogens (primary N) is 1. The van der Waals surface area contributed by atoms with Gasteiger partial charge in [-0.2, -0.15) is 0 Å². The average Bonchev–Trinajstić information content (AvgIpc) is 2.20. The molecule has 2 aliphatic rings. The highest BCUT2D eigenvalue weighted by atomic mass is 14.7. The van der Waals surface area contributed by atoms with Crippen molar-refractivity contribution in [2.75, 3.05) is 0 Å². The van der Waals surface area contributed by atoms with Gasteiger partial charge in [-0.25, -0.2) is 0 Å². The standard InChI is InChI=1S/C9H17N/c1-6-7-2-3-8(6)5-9(10)4-7/h6-9H,2-5,10H2,1H3. The van der Waals surface area contributed by atoms with Crippen LogP contribution in [0.1, 0.15) is 32.6 Å². The van der Waals surface area contributed by atoms with Crippen molar-refractivity contribution in [2.24, 2.45) is 23.5 Å². The van der Waals surface area contributed by atoms with Crippen LogP contribution in [-0.2, 0) is 0 Å². The highest BCUT2D eigenvalue weighted by Gasteiger charge is 2.38. The lowest BCUT2D eigenvalue weighted by molar-refractivity contribution is 0.224. The summed E-state index contributed by atoms with van der Waals surface area (Å²) >= 11 is 0. The molecule has 2 fully saturated rings. The first kappa shape index (κ1) is 6.66. The van der Waals surface area contributed by atoms with E-state index >= 15 is 0 Å². The van der Waals surface area contributed by atoms with Crippen molar-refractivity contribution in [3.8, 4) is 0 Å². The fourth-order valence-electron chi connectivity index (χ4n) is 2.88. The van der Waals surface area contributed by atoms with E-state index in [9.17, 15) is 0 Å². The Hall–Kier alpha value is -0.0400. The summed E-state index contributed by atoms with van der Waals surface area (Å²) in [6, 6.07) is 0.536. The van der Waals surface area contributed by atoms with Gasteiger partial charge in [0, 0.05) is 6.04 Å². The smallest absolute Gasteiger partial charge is 0.00443 e. The first-order chi connectivity index (χ1) is 4.77. The Kier molecular flexibility index (Phi) is 1.48. The molecular formula is C9H17N. The normalized spacial score (nSPS) is 53.4. The topological polar surface area (TPSA) is 26.0 Å². The number of hydrogen-bond acceptors (Lipinski definition) is 1. The van der Waals surface area contributed by atoms with Crippen LogP contribution < -0.4 is 5.73 Å². The lowest BCUT2D eigenvalue weighted by Crippen LogP contribution is -2.33. The lowest BCUT2D eigenvalue weighted by Gasteiger charge is -2.30. The maximum Gasteiger partial charge on any atom is 0.00443 e. The molecule has 2 atom stereocenters. The third kappa shape index (κ3) is 0.878. The third-order valence-corrected chi connectivity index (χ3v) is 3.61. The molecule has 0 aromatic heterocycles. The van der Waals surface area contributed by atoms with E-state index < -0.39 is 0 Å². The predicted molar refractivity (Wildman–Crippen MR) is 42.6 cm³/mol. The van der Waals surface area contributed by atoms with Crippen molar-refractivity contribution in [1.82, 2.24) is 0 Å². The minimum absolute atomic E-state index is 0.536. The average molecular weight is 139 g/mol. The van der Waals surface area contributed by atoms with E-state index in [1.807, 2.05) is 0 Å². The van der Waals surface area contributed by atoms with Gasteiger partial charge in [-0.1, -0.05) is 6.92 Å². The Bertz CT molecular complexity index is 119. The predicted octanol–water partition coefficient (Wildman–Crippen LogP) is 1.77. The van der Waals surface area contributed by atoms with Crippen LogP contribution in [0, 0.1) is 17.8 Å². The Balaban J connectivity index is 2.09. The quantitative estimate of drug-likeness (QED) is 0.544. The largest absolute Gasteiger partial charge is 0.328 e. The minimum Gasteiger partial charge on any atom is -0.328 e. The molecule has 2 unspecified atom stereocenters. The molecule has 1 heteroatoms. The zero-order valence-electron chi connectivity index (χ0n) is 6.72. The first-order valence-electron chi connectivity index (χ1n) is 4.53.